The summed E-state index contributed by atoms with van der Waals surface area (Å²) in [5.74, 6) is -2.72. The predicted octanol–water partition coefficient (Wildman–Crippen LogP) is 3.44. The lowest BCUT2D eigenvalue weighted by Gasteiger charge is -2.23. The minimum atomic E-state index is -5.08. The molecule has 1 aromatic carbocycles. The zero-order chi connectivity index (χ0) is 28.6. The Morgan fingerprint density at radius 2 is 1.82 bits per heavy atom. The summed E-state index contributed by atoms with van der Waals surface area (Å²) in [5, 5.41) is 13.7. The van der Waals surface area contributed by atoms with Crippen LogP contribution in [0, 0.1) is 5.82 Å². The van der Waals surface area contributed by atoms with Crippen LogP contribution in [-0.4, -0.2) is 69.4 Å². The summed E-state index contributed by atoms with van der Waals surface area (Å²) in [7, 11) is 0. The number of nitrogens with one attached hydrogen (secondary N) is 1. The van der Waals surface area contributed by atoms with E-state index in [0.717, 1.165) is 24.3 Å². The van der Waals surface area contributed by atoms with E-state index in [-0.39, 0.29) is 17.0 Å². The average molecular weight is 550 g/mol. The number of carbonyl (C=O) groups excluding carboxylic acids is 1. The van der Waals surface area contributed by atoms with Crippen LogP contribution in [0.25, 0.3) is 0 Å². The Bertz CT molecular complexity index is 1350. The lowest BCUT2D eigenvalue weighted by molar-refractivity contribution is -0.192. The molecule has 208 valence electrons. The summed E-state index contributed by atoms with van der Waals surface area (Å²) < 4.78 is 46.3. The third-order valence-electron chi connectivity index (χ3n) is 5.96. The van der Waals surface area contributed by atoms with Crippen molar-refractivity contribution in [3.63, 3.8) is 0 Å². The van der Waals surface area contributed by atoms with E-state index in [1.165, 1.54) is 6.07 Å². The van der Waals surface area contributed by atoms with Gasteiger partial charge >= 0.3 is 12.1 Å². The number of aryl methyl sites for hydroxylation is 1. The van der Waals surface area contributed by atoms with Crippen LogP contribution in [0.5, 0.6) is 0 Å². The molecule has 1 fully saturated rings. The van der Waals surface area contributed by atoms with E-state index in [4.69, 9.17) is 9.90 Å². The van der Waals surface area contributed by atoms with Gasteiger partial charge in [-0.05, 0) is 48.7 Å². The Balaban J connectivity index is 0.000000532. The van der Waals surface area contributed by atoms with Crippen molar-refractivity contribution in [2.24, 2.45) is 0 Å². The van der Waals surface area contributed by atoms with Gasteiger partial charge in [0, 0.05) is 44.4 Å². The number of amides is 1. The highest BCUT2D eigenvalue weighted by Crippen LogP contribution is 2.19. The molecule has 0 unspecified atom stereocenters. The second-order valence-corrected chi connectivity index (χ2v) is 8.68. The number of aromatic amines is 1. The Morgan fingerprint density at radius 3 is 2.46 bits per heavy atom. The summed E-state index contributed by atoms with van der Waals surface area (Å²) in [5.41, 5.74) is 1.95. The smallest absolute Gasteiger partial charge is 0.475 e. The monoisotopic (exact) mass is 549 g/mol. The molecule has 39 heavy (non-hydrogen) atoms. The number of benzene rings is 1. The molecule has 2 N–H and O–H groups in total. The number of anilines is 1. The van der Waals surface area contributed by atoms with E-state index < -0.39 is 18.0 Å². The van der Waals surface area contributed by atoms with Crippen molar-refractivity contribution in [2.75, 3.05) is 31.1 Å². The van der Waals surface area contributed by atoms with Crippen LogP contribution in [0.1, 0.15) is 40.5 Å². The molecule has 2 aromatic heterocycles. The van der Waals surface area contributed by atoms with E-state index in [2.05, 4.69) is 20.1 Å². The zero-order valence-corrected chi connectivity index (χ0v) is 21.0. The maximum atomic E-state index is 14.6. The highest BCUT2D eigenvalue weighted by Gasteiger charge is 2.38. The molecule has 3 aromatic rings. The molecule has 0 atom stereocenters. The van der Waals surface area contributed by atoms with Crippen LogP contribution in [0.2, 0.25) is 0 Å². The predicted molar refractivity (Wildman–Crippen MR) is 134 cm³/mol. The highest BCUT2D eigenvalue weighted by atomic mass is 19.4. The molecule has 9 nitrogen and oxygen atoms in total. The topological polar surface area (TPSA) is 119 Å². The molecule has 0 spiro atoms. The Labute approximate surface area is 221 Å². The fourth-order valence-corrected chi connectivity index (χ4v) is 3.96. The molecule has 1 aliphatic rings. The number of H-pyrrole nitrogens is 1. The zero-order valence-electron chi connectivity index (χ0n) is 21.0. The van der Waals surface area contributed by atoms with E-state index in [0.29, 0.717) is 43.7 Å². The van der Waals surface area contributed by atoms with E-state index >= 15 is 0 Å². The lowest BCUT2D eigenvalue weighted by Crippen LogP contribution is -2.35. The molecular weight excluding hydrogens is 522 g/mol. The summed E-state index contributed by atoms with van der Waals surface area (Å²) in [4.78, 5) is 42.0. The number of hydrogen-bond donors (Lipinski definition) is 2. The molecule has 3 heterocycles. The molecule has 1 aliphatic heterocycles. The van der Waals surface area contributed by atoms with Gasteiger partial charge in [-0.25, -0.2) is 19.3 Å². The summed E-state index contributed by atoms with van der Waals surface area (Å²) >= 11 is 0. The summed E-state index contributed by atoms with van der Waals surface area (Å²) in [6, 6.07) is 12.1. The average Bonchev–Trinajstić information content (AvgIpc) is 3.17. The maximum absolute atomic E-state index is 14.6. The first kappa shape index (κ1) is 29.3. The quantitative estimate of drug-likeness (QED) is 0.468. The number of carbonyl (C=O) groups is 2. The minimum absolute atomic E-state index is 0.0638. The van der Waals surface area contributed by atoms with Gasteiger partial charge in [-0.3, -0.25) is 9.59 Å². The number of aromatic nitrogens is 3. The van der Waals surface area contributed by atoms with Crippen LogP contribution in [-0.2, 0) is 17.6 Å². The number of alkyl halides is 3. The molecular formula is C26H27F4N5O4. The number of carboxylic acids is 1. The standard InChI is InChI=1S/C24H26FN5O2.C2HF3O2/c1-2-18-16-19(27-28-23(18)31)14-17-7-8-21(25)20(15-17)24(32)30-11-5-10-29(12-13-30)22-6-3-4-9-26-22;3-2(4,5)1(6)7/h3-4,6-9,15-16H,2,5,10-14H2,1H3,(H,28,31);(H,6,7). The van der Waals surface area contributed by atoms with E-state index in [1.54, 1.807) is 29.3 Å². The number of nitrogens with zero attached hydrogens (tertiary/aromatic N) is 4. The molecule has 4 rings (SSSR count). The van der Waals surface area contributed by atoms with Crippen LogP contribution < -0.4 is 10.5 Å². The Kier molecular flexibility index (Phi) is 9.74. The molecule has 0 aliphatic carbocycles. The van der Waals surface area contributed by atoms with Crippen LogP contribution in [0.4, 0.5) is 23.4 Å². The number of aliphatic carboxylic acids is 1. The van der Waals surface area contributed by atoms with Crippen molar-refractivity contribution in [1.29, 1.82) is 0 Å². The van der Waals surface area contributed by atoms with E-state index in [9.17, 15) is 27.2 Å². The van der Waals surface area contributed by atoms with Gasteiger partial charge in [0.15, 0.2) is 0 Å². The lowest BCUT2D eigenvalue weighted by atomic mass is 10.0. The van der Waals surface area contributed by atoms with Crippen molar-refractivity contribution in [3.8, 4) is 0 Å². The third kappa shape index (κ3) is 8.09. The number of hydrogen-bond acceptors (Lipinski definition) is 6. The van der Waals surface area contributed by atoms with Gasteiger partial charge in [0.1, 0.15) is 11.6 Å². The molecule has 0 radical (unpaired) electrons. The fraction of sp³-hybridized carbons (Fsp3) is 0.346. The van der Waals surface area contributed by atoms with Crippen molar-refractivity contribution in [3.05, 3.63) is 87.2 Å². The second kappa shape index (κ2) is 13.0. The van der Waals surface area contributed by atoms with Crippen molar-refractivity contribution >= 4 is 17.7 Å². The molecule has 0 saturated carbocycles. The number of carboxylic acid groups (broad SMARTS) is 1. The molecule has 0 bridgehead atoms. The Morgan fingerprint density at radius 1 is 1.08 bits per heavy atom. The molecule has 1 amide bonds. The van der Waals surface area contributed by atoms with Gasteiger partial charge in [0.2, 0.25) is 0 Å². The first-order chi connectivity index (χ1) is 18.5. The van der Waals surface area contributed by atoms with Gasteiger partial charge in [0.25, 0.3) is 11.5 Å². The number of halogens is 4. The fourth-order valence-electron chi connectivity index (χ4n) is 3.96. The highest BCUT2D eigenvalue weighted by molar-refractivity contribution is 5.94. The Hall–Kier alpha value is -4.29. The SMILES string of the molecule is CCc1cc(Cc2ccc(F)c(C(=O)N3CCCN(c4ccccn4)CC3)c2)n[nH]c1=O.O=C(O)C(F)(F)F. The normalized spacial score (nSPS) is 13.8. The van der Waals surface area contributed by atoms with Crippen molar-refractivity contribution in [1.82, 2.24) is 20.1 Å². The second-order valence-electron chi connectivity index (χ2n) is 8.68. The molecule has 13 heteroatoms. The number of rotatable bonds is 5. The maximum Gasteiger partial charge on any atom is 0.490 e. The third-order valence-corrected chi connectivity index (χ3v) is 5.96. The van der Waals surface area contributed by atoms with Crippen LogP contribution >= 0.6 is 0 Å². The van der Waals surface area contributed by atoms with Gasteiger partial charge in [0.05, 0.1) is 11.3 Å². The minimum Gasteiger partial charge on any atom is -0.475 e. The largest absolute Gasteiger partial charge is 0.490 e. The van der Waals surface area contributed by atoms with Crippen LogP contribution in [0.3, 0.4) is 0 Å². The van der Waals surface area contributed by atoms with Crippen molar-refractivity contribution in [2.45, 2.75) is 32.4 Å². The van der Waals surface area contributed by atoms with E-state index in [1.807, 2.05) is 25.1 Å². The van der Waals surface area contributed by atoms with Gasteiger partial charge in [-0.15, -0.1) is 0 Å². The van der Waals surface area contributed by atoms with Gasteiger partial charge in [-0.1, -0.05) is 19.1 Å². The first-order valence-electron chi connectivity index (χ1n) is 12.1. The van der Waals surface area contributed by atoms with Gasteiger partial charge < -0.3 is 14.9 Å². The molecule has 1 saturated heterocycles. The van der Waals surface area contributed by atoms with Crippen molar-refractivity contribution < 1.29 is 32.3 Å². The van der Waals surface area contributed by atoms with Gasteiger partial charge in [-0.2, -0.15) is 18.3 Å². The first-order valence-corrected chi connectivity index (χ1v) is 12.1. The summed E-state index contributed by atoms with van der Waals surface area (Å²) in [6.07, 6.45) is -1.55. The van der Waals surface area contributed by atoms with Crippen LogP contribution in [0.15, 0.2) is 53.5 Å². The summed E-state index contributed by atoms with van der Waals surface area (Å²) in [6.45, 7) is 4.40. The number of pyridine rings is 1.